The lowest BCUT2D eigenvalue weighted by Crippen LogP contribution is -2.36. The van der Waals surface area contributed by atoms with Crippen molar-refractivity contribution in [3.8, 4) is 0 Å². The Hall–Kier alpha value is -1.11. The van der Waals surface area contributed by atoms with Gasteiger partial charge < -0.3 is 10.2 Å². The monoisotopic (exact) mass is 309 g/mol. The summed E-state index contributed by atoms with van der Waals surface area (Å²) in [4.78, 5) is 2.30. The molecule has 1 saturated carbocycles. The minimum Gasteiger partial charge on any atom is -0.378 e. The number of sulfonamides is 1. The molecular weight excluding hydrogens is 286 g/mol. The van der Waals surface area contributed by atoms with Gasteiger partial charge in [-0.2, -0.15) is 0 Å². The van der Waals surface area contributed by atoms with Crippen molar-refractivity contribution in [2.24, 2.45) is 5.41 Å². The maximum absolute atomic E-state index is 12.4. The van der Waals surface area contributed by atoms with Crippen molar-refractivity contribution in [1.29, 1.82) is 0 Å². The quantitative estimate of drug-likeness (QED) is 0.876. The Kier molecular flexibility index (Phi) is 3.71. The molecule has 0 aromatic heterocycles. The average Bonchev–Trinajstić information content (AvgIpc) is 3.10. The van der Waals surface area contributed by atoms with E-state index in [1.807, 2.05) is 31.1 Å². The molecule has 1 aromatic carbocycles. The van der Waals surface area contributed by atoms with Crippen molar-refractivity contribution in [3.63, 3.8) is 0 Å². The number of nitrogens with one attached hydrogen (secondary N) is 2. The molecule has 3 rings (SSSR count). The second kappa shape index (κ2) is 5.26. The first-order valence-electron chi connectivity index (χ1n) is 7.43. The van der Waals surface area contributed by atoms with Crippen molar-refractivity contribution >= 4 is 15.7 Å². The zero-order valence-electron chi connectivity index (χ0n) is 12.6. The van der Waals surface area contributed by atoms with E-state index in [0.717, 1.165) is 38.0 Å². The molecule has 21 heavy (non-hydrogen) atoms. The van der Waals surface area contributed by atoms with Crippen molar-refractivity contribution in [2.75, 3.05) is 32.1 Å². The number of anilines is 1. The third-order valence-electron chi connectivity index (χ3n) is 4.75. The molecule has 1 aliphatic carbocycles. The van der Waals surface area contributed by atoms with Crippen LogP contribution in [0, 0.1) is 5.41 Å². The highest BCUT2D eigenvalue weighted by Crippen LogP contribution is 2.53. The lowest BCUT2D eigenvalue weighted by molar-refractivity contribution is 0.337. The van der Waals surface area contributed by atoms with Gasteiger partial charge in [-0.1, -0.05) is 0 Å². The zero-order valence-corrected chi connectivity index (χ0v) is 13.4. The standard InChI is InChI=1S/C15H23N3O2S/c1-18(2)12-3-5-13(6-4-12)21(19,20)17-14-11-15(14)7-9-16-10-8-15/h3-6,14,16-17H,7-11H2,1-2H3. The minimum absolute atomic E-state index is 0.109. The molecule has 1 aromatic rings. The molecule has 2 N–H and O–H groups in total. The molecule has 0 radical (unpaired) electrons. The summed E-state index contributed by atoms with van der Waals surface area (Å²) in [7, 11) is 0.471. The Morgan fingerprint density at radius 2 is 1.81 bits per heavy atom. The third-order valence-corrected chi connectivity index (χ3v) is 6.24. The Bertz CT molecular complexity index is 604. The molecule has 2 aliphatic rings. The molecule has 6 heteroatoms. The molecule has 1 spiro atoms. The Morgan fingerprint density at radius 1 is 1.19 bits per heavy atom. The molecule has 116 valence electrons. The molecule has 1 unspecified atom stereocenters. The molecule has 0 amide bonds. The number of benzene rings is 1. The van der Waals surface area contributed by atoms with Crippen LogP contribution in [-0.2, 0) is 10.0 Å². The highest BCUT2D eigenvalue weighted by molar-refractivity contribution is 7.89. The number of hydrogen-bond acceptors (Lipinski definition) is 4. The molecule has 1 aliphatic heterocycles. The van der Waals surface area contributed by atoms with Crippen LogP contribution in [0.15, 0.2) is 29.2 Å². The second-order valence-corrected chi connectivity index (χ2v) is 8.09. The molecule has 2 fully saturated rings. The normalized spacial score (nSPS) is 24.0. The van der Waals surface area contributed by atoms with Gasteiger partial charge in [0.05, 0.1) is 4.90 Å². The molecular formula is C15H23N3O2S. The molecule has 0 bridgehead atoms. The highest BCUT2D eigenvalue weighted by atomic mass is 32.2. The number of piperidine rings is 1. The maximum Gasteiger partial charge on any atom is 0.240 e. The summed E-state index contributed by atoms with van der Waals surface area (Å²) in [6, 6.07) is 7.13. The first-order valence-corrected chi connectivity index (χ1v) is 8.92. The number of nitrogens with zero attached hydrogens (tertiary/aromatic N) is 1. The van der Waals surface area contributed by atoms with Crippen molar-refractivity contribution in [1.82, 2.24) is 10.0 Å². The zero-order chi connectivity index (χ0) is 15.1. The first-order chi connectivity index (χ1) is 9.93. The van der Waals surface area contributed by atoms with Crippen LogP contribution in [0.1, 0.15) is 19.3 Å². The smallest absolute Gasteiger partial charge is 0.240 e. The molecule has 1 atom stereocenters. The first kappa shape index (κ1) is 14.8. The fourth-order valence-electron chi connectivity index (χ4n) is 3.17. The van der Waals surface area contributed by atoms with Gasteiger partial charge >= 0.3 is 0 Å². The van der Waals surface area contributed by atoms with Crippen LogP contribution in [0.25, 0.3) is 0 Å². The van der Waals surface area contributed by atoms with Gasteiger partial charge in [0.15, 0.2) is 0 Å². The van der Waals surface area contributed by atoms with Gasteiger partial charge in [-0.3, -0.25) is 0 Å². The maximum atomic E-state index is 12.4. The van der Waals surface area contributed by atoms with Gasteiger partial charge in [0.1, 0.15) is 0 Å². The van der Waals surface area contributed by atoms with Crippen LogP contribution in [0.5, 0.6) is 0 Å². The third kappa shape index (κ3) is 2.93. The van der Waals surface area contributed by atoms with Gasteiger partial charge in [0.2, 0.25) is 10.0 Å². The van der Waals surface area contributed by atoms with Crippen LogP contribution < -0.4 is 14.9 Å². The van der Waals surface area contributed by atoms with E-state index in [2.05, 4.69) is 10.0 Å². The van der Waals surface area contributed by atoms with E-state index in [-0.39, 0.29) is 11.5 Å². The van der Waals surface area contributed by atoms with E-state index in [0.29, 0.717) is 4.90 Å². The second-order valence-electron chi connectivity index (χ2n) is 6.38. The van der Waals surface area contributed by atoms with Crippen LogP contribution in [0.2, 0.25) is 0 Å². The Labute approximate surface area is 126 Å². The van der Waals surface area contributed by atoms with E-state index in [9.17, 15) is 8.42 Å². The van der Waals surface area contributed by atoms with Crippen molar-refractivity contribution in [2.45, 2.75) is 30.2 Å². The summed E-state index contributed by atoms with van der Waals surface area (Å²) in [6.45, 7) is 1.99. The van der Waals surface area contributed by atoms with Crippen LogP contribution >= 0.6 is 0 Å². The highest BCUT2D eigenvalue weighted by Gasteiger charge is 2.55. The van der Waals surface area contributed by atoms with E-state index >= 15 is 0 Å². The number of hydrogen-bond donors (Lipinski definition) is 2. The molecule has 1 saturated heterocycles. The number of rotatable bonds is 4. The lowest BCUT2D eigenvalue weighted by atomic mass is 9.94. The largest absolute Gasteiger partial charge is 0.378 e. The van der Waals surface area contributed by atoms with E-state index in [4.69, 9.17) is 0 Å². The van der Waals surface area contributed by atoms with Crippen LogP contribution in [0.3, 0.4) is 0 Å². The summed E-state index contributed by atoms with van der Waals surface area (Å²) < 4.78 is 27.8. The predicted octanol–water partition coefficient (Wildman–Crippen LogP) is 1.17. The predicted molar refractivity (Wildman–Crippen MR) is 84.0 cm³/mol. The summed E-state index contributed by atoms with van der Waals surface area (Å²) in [6.07, 6.45) is 3.11. The van der Waals surface area contributed by atoms with E-state index < -0.39 is 10.0 Å². The van der Waals surface area contributed by atoms with E-state index in [1.54, 1.807) is 12.1 Å². The van der Waals surface area contributed by atoms with Gasteiger partial charge in [0, 0.05) is 25.8 Å². The van der Waals surface area contributed by atoms with Gasteiger partial charge in [0.25, 0.3) is 0 Å². The van der Waals surface area contributed by atoms with Gasteiger partial charge in [-0.05, 0) is 62.0 Å². The molecule has 5 nitrogen and oxygen atoms in total. The molecule has 1 heterocycles. The fourth-order valence-corrected chi connectivity index (χ4v) is 4.51. The lowest BCUT2D eigenvalue weighted by Gasteiger charge is -2.23. The minimum atomic E-state index is -3.40. The van der Waals surface area contributed by atoms with Gasteiger partial charge in [-0.15, -0.1) is 0 Å². The van der Waals surface area contributed by atoms with Crippen LogP contribution in [-0.4, -0.2) is 41.6 Å². The van der Waals surface area contributed by atoms with Crippen molar-refractivity contribution in [3.05, 3.63) is 24.3 Å². The average molecular weight is 309 g/mol. The summed E-state index contributed by atoms with van der Waals surface area (Å²) in [5.74, 6) is 0. The van der Waals surface area contributed by atoms with Gasteiger partial charge in [-0.25, -0.2) is 13.1 Å². The fraction of sp³-hybridized carbons (Fsp3) is 0.600. The van der Waals surface area contributed by atoms with E-state index in [1.165, 1.54) is 0 Å². The van der Waals surface area contributed by atoms with Crippen molar-refractivity contribution < 1.29 is 8.42 Å². The summed E-state index contributed by atoms with van der Waals surface area (Å²) in [5, 5.41) is 3.33. The SMILES string of the molecule is CN(C)c1ccc(S(=O)(=O)NC2CC23CCNCC3)cc1. The Balaban J connectivity index is 1.70. The Morgan fingerprint density at radius 3 is 2.38 bits per heavy atom. The topological polar surface area (TPSA) is 61.4 Å². The summed E-state index contributed by atoms with van der Waals surface area (Å²) in [5.41, 5.74) is 1.21. The van der Waals surface area contributed by atoms with Crippen LogP contribution in [0.4, 0.5) is 5.69 Å². The summed E-state index contributed by atoms with van der Waals surface area (Å²) >= 11 is 0.